The van der Waals surface area contributed by atoms with Gasteiger partial charge in [-0.2, -0.15) is 5.10 Å². The summed E-state index contributed by atoms with van der Waals surface area (Å²) in [6.45, 7) is 3.45. The standard InChI is InChI=1S/C15H13N5O2S/c1-8(12-7-16-10-5-3-4-6-11(10)18-12)19-20-15-17-9(2)13(23-15)14(21)22/h3-7H,1-2H3,(H,17,20)(H,21,22)/b19-8+. The number of thiazole rings is 1. The zero-order valence-corrected chi connectivity index (χ0v) is 13.3. The number of carboxylic acid groups (broad SMARTS) is 1. The van der Waals surface area contributed by atoms with E-state index in [9.17, 15) is 4.79 Å². The molecule has 7 nitrogen and oxygen atoms in total. The predicted molar refractivity (Wildman–Crippen MR) is 89.2 cm³/mol. The van der Waals surface area contributed by atoms with E-state index >= 15 is 0 Å². The molecule has 0 atom stereocenters. The van der Waals surface area contributed by atoms with E-state index in [1.807, 2.05) is 24.3 Å². The van der Waals surface area contributed by atoms with E-state index in [0.717, 1.165) is 22.4 Å². The molecule has 0 aliphatic carbocycles. The van der Waals surface area contributed by atoms with Gasteiger partial charge in [0.2, 0.25) is 5.13 Å². The van der Waals surface area contributed by atoms with E-state index in [1.165, 1.54) is 0 Å². The number of nitrogens with one attached hydrogen (secondary N) is 1. The lowest BCUT2D eigenvalue weighted by atomic mass is 10.2. The van der Waals surface area contributed by atoms with Gasteiger partial charge in [0, 0.05) is 0 Å². The van der Waals surface area contributed by atoms with Crippen molar-refractivity contribution in [3.63, 3.8) is 0 Å². The number of aryl methyl sites for hydroxylation is 1. The number of carbonyl (C=O) groups is 1. The number of para-hydroxylation sites is 2. The third-order valence-corrected chi connectivity index (χ3v) is 4.18. The van der Waals surface area contributed by atoms with Crippen LogP contribution in [0.5, 0.6) is 0 Å². The first-order valence-electron chi connectivity index (χ1n) is 6.78. The van der Waals surface area contributed by atoms with Crippen molar-refractivity contribution in [2.45, 2.75) is 13.8 Å². The third kappa shape index (κ3) is 3.16. The molecule has 3 aromatic rings. The molecular weight excluding hydrogens is 314 g/mol. The molecule has 0 amide bonds. The number of carboxylic acids is 1. The van der Waals surface area contributed by atoms with Crippen molar-refractivity contribution in [2.24, 2.45) is 5.10 Å². The zero-order valence-electron chi connectivity index (χ0n) is 12.4. The molecule has 0 saturated carbocycles. The van der Waals surface area contributed by atoms with Gasteiger partial charge in [-0.15, -0.1) is 0 Å². The largest absolute Gasteiger partial charge is 0.477 e. The smallest absolute Gasteiger partial charge is 0.347 e. The number of nitrogens with zero attached hydrogens (tertiary/aromatic N) is 4. The molecule has 0 bridgehead atoms. The van der Waals surface area contributed by atoms with Crippen LogP contribution >= 0.6 is 11.3 Å². The van der Waals surface area contributed by atoms with E-state index < -0.39 is 5.97 Å². The summed E-state index contributed by atoms with van der Waals surface area (Å²) in [5.74, 6) is -0.992. The second-order valence-corrected chi connectivity index (χ2v) is 5.79. The molecule has 0 radical (unpaired) electrons. The maximum absolute atomic E-state index is 11.0. The van der Waals surface area contributed by atoms with Crippen LogP contribution in [0.2, 0.25) is 0 Å². The quantitative estimate of drug-likeness (QED) is 0.564. The molecule has 0 unspecified atom stereocenters. The maximum Gasteiger partial charge on any atom is 0.347 e. The SMILES string of the molecule is C/C(=N\Nc1nc(C)c(C(=O)O)s1)c1cnc2ccccc2n1. The van der Waals surface area contributed by atoms with Crippen molar-refractivity contribution in [1.82, 2.24) is 15.0 Å². The Balaban J connectivity index is 1.83. The third-order valence-electron chi connectivity index (χ3n) is 3.13. The van der Waals surface area contributed by atoms with Crippen molar-refractivity contribution in [1.29, 1.82) is 0 Å². The summed E-state index contributed by atoms with van der Waals surface area (Å²) in [6, 6.07) is 7.58. The minimum atomic E-state index is -0.992. The summed E-state index contributed by atoms with van der Waals surface area (Å²) in [4.78, 5) is 24.2. The molecule has 8 heteroatoms. The zero-order chi connectivity index (χ0) is 16.4. The van der Waals surface area contributed by atoms with E-state index in [-0.39, 0.29) is 4.88 Å². The van der Waals surface area contributed by atoms with Gasteiger partial charge in [-0.3, -0.25) is 10.4 Å². The van der Waals surface area contributed by atoms with Gasteiger partial charge in [0.15, 0.2) is 0 Å². The average molecular weight is 327 g/mol. The summed E-state index contributed by atoms with van der Waals surface area (Å²) >= 11 is 1.04. The van der Waals surface area contributed by atoms with Gasteiger partial charge >= 0.3 is 5.97 Å². The van der Waals surface area contributed by atoms with Crippen LogP contribution in [0.25, 0.3) is 11.0 Å². The van der Waals surface area contributed by atoms with Crippen LogP contribution in [0.1, 0.15) is 28.0 Å². The molecule has 2 N–H and O–H groups in total. The van der Waals surface area contributed by atoms with E-state index in [2.05, 4.69) is 25.5 Å². The normalized spacial score (nSPS) is 11.7. The molecule has 0 fully saturated rings. The highest BCUT2D eigenvalue weighted by molar-refractivity contribution is 7.17. The Morgan fingerprint density at radius 2 is 2.00 bits per heavy atom. The second kappa shape index (κ2) is 6.09. The number of fused-ring (bicyclic) bond motifs is 1. The maximum atomic E-state index is 11.0. The van der Waals surface area contributed by atoms with Crippen molar-refractivity contribution in [3.05, 3.63) is 46.7 Å². The Hall–Kier alpha value is -2.87. The Kier molecular flexibility index (Phi) is 3.98. The fourth-order valence-electron chi connectivity index (χ4n) is 1.96. The molecular formula is C15H13N5O2S. The highest BCUT2D eigenvalue weighted by atomic mass is 32.1. The highest BCUT2D eigenvalue weighted by Gasteiger charge is 2.13. The van der Waals surface area contributed by atoms with Crippen LogP contribution in [0.4, 0.5) is 5.13 Å². The molecule has 116 valence electrons. The van der Waals surface area contributed by atoms with Crippen LogP contribution < -0.4 is 5.43 Å². The van der Waals surface area contributed by atoms with Crippen LogP contribution in [0, 0.1) is 6.92 Å². The molecule has 3 rings (SSSR count). The van der Waals surface area contributed by atoms with Crippen molar-refractivity contribution in [3.8, 4) is 0 Å². The first-order chi connectivity index (χ1) is 11.0. The number of rotatable bonds is 4. The molecule has 2 heterocycles. The van der Waals surface area contributed by atoms with E-state index in [1.54, 1.807) is 20.0 Å². The number of aromatic nitrogens is 3. The predicted octanol–water partition coefficient (Wildman–Crippen LogP) is 2.93. The van der Waals surface area contributed by atoms with Gasteiger partial charge in [-0.25, -0.2) is 14.8 Å². The van der Waals surface area contributed by atoms with Crippen LogP contribution in [0.3, 0.4) is 0 Å². The lowest BCUT2D eigenvalue weighted by molar-refractivity contribution is 0.0701. The molecule has 2 aromatic heterocycles. The summed E-state index contributed by atoms with van der Waals surface area (Å²) in [5.41, 5.74) is 6.11. The number of benzene rings is 1. The summed E-state index contributed by atoms with van der Waals surface area (Å²) in [6.07, 6.45) is 1.65. The van der Waals surface area contributed by atoms with Gasteiger partial charge < -0.3 is 5.11 Å². The Labute approximate surface area is 135 Å². The summed E-state index contributed by atoms with van der Waals surface area (Å²) in [7, 11) is 0. The number of hydrogen-bond acceptors (Lipinski definition) is 7. The van der Waals surface area contributed by atoms with Crippen LogP contribution in [0.15, 0.2) is 35.6 Å². The summed E-state index contributed by atoms with van der Waals surface area (Å²) < 4.78 is 0. The monoisotopic (exact) mass is 327 g/mol. The van der Waals surface area contributed by atoms with Gasteiger partial charge in [0.05, 0.1) is 28.6 Å². The average Bonchev–Trinajstić information content (AvgIpc) is 2.93. The minimum absolute atomic E-state index is 0.200. The lowest BCUT2D eigenvalue weighted by Gasteiger charge is -2.02. The Bertz CT molecular complexity index is 919. The number of hydrazone groups is 1. The highest BCUT2D eigenvalue weighted by Crippen LogP contribution is 2.22. The number of hydrogen-bond donors (Lipinski definition) is 2. The minimum Gasteiger partial charge on any atom is -0.477 e. The van der Waals surface area contributed by atoms with Crippen molar-refractivity contribution < 1.29 is 9.90 Å². The Morgan fingerprint density at radius 3 is 2.70 bits per heavy atom. The Morgan fingerprint density at radius 1 is 1.26 bits per heavy atom. The van der Waals surface area contributed by atoms with E-state index in [4.69, 9.17) is 5.11 Å². The molecule has 0 aliphatic heterocycles. The number of anilines is 1. The number of aromatic carboxylic acids is 1. The molecule has 0 aliphatic rings. The van der Waals surface area contributed by atoms with Gasteiger partial charge in [-0.1, -0.05) is 23.5 Å². The molecule has 0 spiro atoms. The molecule has 0 saturated heterocycles. The molecule has 23 heavy (non-hydrogen) atoms. The lowest BCUT2D eigenvalue weighted by Crippen LogP contribution is -2.03. The van der Waals surface area contributed by atoms with Crippen molar-refractivity contribution in [2.75, 3.05) is 5.43 Å². The van der Waals surface area contributed by atoms with Crippen LogP contribution in [-0.2, 0) is 0 Å². The second-order valence-electron chi connectivity index (χ2n) is 4.79. The van der Waals surface area contributed by atoms with Gasteiger partial charge in [-0.05, 0) is 26.0 Å². The van der Waals surface area contributed by atoms with Crippen LogP contribution in [-0.4, -0.2) is 31.7 Å². The fourth-order valence-corrected chi connectivity index (χ4v) is 2.71. The van der Waals surface area contributed by atoms with Gasteiger partial charge in [0.25, 0.3) is 0 Å². The topological polar surface area (TPSA) is 100 Å². The fraction of sp³-hybridized carbons (Fsp3) is 0.133. The van der Waals surface area contributed by atoms with Crippen molar-refractivity contribution >= 4 is 39.2 Å². The van der Waals surface area contributed by atoms with E-state index in [0.29, 0.717) is 22.2 Å². The first-order valence-corrected chi connectivity index (χ1v) is 7.59. The molecule has 1 aromatic carbocycles. The first kappa shape index (κ1) is 15.0. The summed E-state index contributed by atoms with van der Waals surface area (Å²) in [5, 5.41) is 13.7. The van der Waals surface area contributed by atoms with Gasteiger partial charge in [0.1, 0.15) is 10.6 Å².